The third kappa shape index (κ3) is 2.81. The molecule has 0 N–H and O–H groups in total. The average molecular weight is 382 g/mol. The maximum Gasteiger partial charge on any atom is 0.297 e. The normalized spacial score (nSPS) is 12.6. The number of fused-ring (bicyclic) bond motifs is 2. The van der Waals surface area contributed by atoms with Crippen molar-refractivity contribution >= 4 is 16.3 Å². The second-order valence-electron chi connectivity index (χ2n) is 5.92. The van der Waals surface area contributed by atoms with Crippen LogP contribution in [0.4, 0.5) is 4.39 Å². The number of rotatable bonds is 3. The van der Waals surface area contributed by atoms with Crippen LogP contribution in [0.25, 0.3) is 15.5 Å². The van der Waals surface area contributed by atoms with E-state index in [4.69, 9.17) is 9.47 Å². The summed E-state index contributed by atoms with van der Waals surface area (Å²) < 4.78 is 25.0. The lowest BCUT2D eigenvalue weighted by Gasteiger charge is -2.02. The van der Waals surface area contributed by atoms with Crippen LogP contribution in [0.5, 0.6) is 11.5 Å². The Bertz CT molecular complexity index is 1220. The molecule has 5 rings (SSSR count). The van der Waals surface area contributed by atoms with Crippen molar-refractivity contribution in [2.45, 2.75) is 6.42 Å². The Hall–Kier alpha value is -3.33. The molecule has 0 aliphatic carbocycles. The van der Waals surface area contributed by atoms with E-state index in [1.54, 1.807) is 18.2 Å². The fraction of sp³-hybridized carbons (Fsp3) is 0.111. The van der Waals surface area contributed by atoms with Gasteiger partial charge in [-0.15, -0.1) is 10.2 Å². The molecule has 0 saturated heterocycles. The fourth-order valence-corrected chi connectivity index (χ4v) is 3.65. The molecule has 4 aromatic rings. The highest BCUT2D eigenvalue weighted by atomic mass is 32.1. The molecule has 3 heterocycles. The molecule has 134 valence electrons. The van der Waals surface area contributed by atoms with E-state index in [9.17, 15) is 9.18 Å². The molecular weight excluding hydrogens is 371 g/mol. The van der Waals surface area contributed by atoms with Crippen LogP contribution in [0, 0.1) is 5.82 Å². The summed E-state index contributed by atoms with van der Waals surface area (Å²) in [4.78, 5) is 13.1. The van der Waals surface area contributed by atoms with Gasteiger partial charge in [-0.25, -0.2) is 4.39 Å². The predicted octanol–water partition coefficient (Wildman–Crippen LogP) is 2.67. The minimum atomic E-state index is -0.331. The van der Waals surface area contributed by atoms with Crippen LogP contribution in [0.3, 0.4) is 0 Å². The number of hydrogen-bond donors (Lipinski definition) is 0. The van der Waals surface area contributed by atoms with Gasteiger partial charge in [0.15, 0.2) is 11.5 Å². The maximum atomic E-state index is 13.1. The van der Waals surface area contributed by atoms with Crippen molar-refractivity contribution in [3.63, 3.8) is 0 Å². The number of benzene rings is 2. The molecule has 1 aliphatic rings. The summed E-state index contributed by atoms with van der Waals surface area (Å²) in [6.07, 6.45) is 0.300. The smallest absolute Gasteiger partial charge is 0.297 e. The second kappa shape index (κ2) is 6.13. The molecule has 0 bridgehead atoms. The highest BCUT2D eigenvalue weighted by Crippen LogP contribution is 2.32. The van der Waals surface area contributed by atoms with Crippen LogP contribution in [-0.4, -0.2) is 26.6 Å². The Morgan fingerprint density at radius 3 is 2.74 bits per heavy atom. The molecule has 0 unspecified atom stereocenters. The summed E-state index contributed by atoms with van der Waals surface area (Å²) in [5, 5.41) is 13.1. The quantitative estimate of drug-likeness (QED) is 0.542. The van der Waals surface area contributed by atoms with Crippen LogP contribution >= 0.6 is 11.3 Å². The first-order valence-corrected chi connectivity index (χ1v) is 8.89. The van der Waals surface area contributed by atoms with Crippen LogP contribution in [-0.2, 0) is 6.42 Å². The summed E-state index contributed by atoms with van der Waals surface area (Å²) in [7, 11) is 0. The van der Waals surface area contributed by atoms with Gasteiger partial charge in [-0.2, -0.15) is 9.61 Å². The van der Waals surface area contributed by atoms with Gasteiger partial charge in [-0.1, -0.05) is 17.4 Å². The SMILES string of the molecule is O=c1c(Cc2ccc3c(c2)OCO3)nnc2sc(-c3ccc(F)cc3)nn12. The summed E-state index contributed by atoms with van der Waals surface area (Å²) >= 11 is 1.22. The third-order valence-electron chi connectivity index (χ3n) is 4.16. The minimum absolute atomic E-state index is 0.193. The largest absolute Gasteiger partial charge is 0.454 e. The van der Waals surface area contributed by atoms with E-state index < -0.39 is 0 Å². The van der Waals surface area contributed by atoms with E-state index in [0.29, 0.717) is 33.5 Å². The molecule has 27 heavy (non-hydrogen) atoms. The van der Waals surface area contributed by atoms with Gasteiger partial charge in [0, 0.05) is 12.0 Å². The van der Waals surface area contributed by atoms with Gasteiger partial charge < -0.3 is 9.47 Å². The van der Waals surface area contributed by atoms with Crippen LogP contribution in [0.2, 0.25) is 0 Å². The van der Waals surface area contributed by atoms with Gasteiger partial charge in [-0.3, -0.25) is 4.79 Å². The number of aromatic nitrogens is 4. The Kier molecular flexibility index (Phi) is 3.61. The van der Waals surface area contributed by atoms with Gasteiger partial charge in [0.05, 0.1) is 0 Å². The highest BCUT2D eigenvalue weighted by molar-refractivity contribution is 7.19. The summed E-state index contributed by atoms with van der Waals surface area (Å²) in [6.45, 7) is 0.193. The van der Waals surface area contributed by atoms with E-state index >= 15 is 0 Å². The first-order valence-electron chi connectivity index (χ1n) is 8.07. The molecular formula is C18H11FN4O3S. The highest BCUT2D eigenvalue weighted by Gasteiger charge is 2.16. The number of hydrogen-bond acceptors (Lipinski definition) is 7. The molecule has 0 radical (unpaired) electrons. The molecule has 2 aromatic heterocycles. The number of halogens is 1. The zero-order chi connectivity index (χ0) is 18.4. The van der Waals surface area contributed by atoms with Gasteiger partial charge in [0.1, 0.15) is 16.5 Å². The van der Waals surface area contributed by atoms with E-state index in [1.807, 2.05) is 12.1 Å². The summed E-state index contributed by atoms with van der Waals surface area (Å²) in [6, 6.07) is 11.4. The molecule has 9 heteroatoms. The lowest BCUT2D eigenvalue weighted by Crippen LogP contribution is -2.22. The van der Waals surface area contributed by atoms with E-state index in [-0.39, 0.29) is 23.9 Å². The molecule has 0 spiro atoms. The van der Waals surface area contributed by atoms with Crippen molar-refractivity contribution in [1.82, 2.24) is 19.8 Å². The zero-order valence-electron chi connectivity index (χ0n) is 13.8. The van der Waals surface area contributed by atoms with Gasteiger partial charge >= 0.3 is 0 Å². The Balaban J connectivity index is 1.51. The van der Waals surface area contributed by atoms with Crippen LogP contribution < -0.4 is 15.0 Å². The number of ether oxygens (including phenoxy) is 2. The van der Waals surface area contributed by atoms with Gasteiger partial charge in [-0.05, 0) is 42.0 Å². The summed E-state index contributed by atoms with van der Waals surface area (Å²) in [5.41, 5.74) is 1.52. The standard InChI is InChI=1S/C18H11FN4O3S/c19-12-4-2-11(3-5-12)16-22-23-17(24)13(20-21-18(23)27-16)7-10-1-6-14-15(8-10)26-9-25-14/h1-6,8H,7,9H2. The molecule has 2 aromatic carbocycles. The molecule has 0 saturated carbocycles. The van der Waals surface area contributed by atoms with Gasteiger partial charge in [0.2, 0.25) is 11.8 Å². The molecule has 0 fully saturated rings. The van der Waals surface area contributed by atoms with E-state index in [2.05, 4.69) is 15.3 Å². The molecule has 7 nitrogen and oxygen atoms in total. The predicted molar refractivity (Wildman–Crippen MR) is 95.7 cm³/mol. The Morgan fingerprint density at radius 1 is 1.07 bits per heavy atom. The molecule has 1 aliphatic heterocycles. The summed E-state index contributed by atoms with van der Waals surface area (Å²) in [5.74, 6) is 0.997. The minimum Gasteiger partial charge on any atom is -0.454 e. The first-order chi connectivity index (χ1) is 13.2. The van der Waals surface area contributed by atoms with Crippen molar-refractivity contribution in [3.8, 4) is 22.1 Å². The topological polar surface area (TPSA) is 78.6 Å². The van der Waals surface area contributed by atoms with E-state index in [0.717, 1.165) is 5.56 Å². The molecule has 0 atom stereocenters. The second-order valence-corrected chi connectivity index (χ2v) is 6.88. The van der Waals surface area contributed by atoms with Crippen molar-refractivity contribution in [3.05, 3.63) is 69.9 Å². The maximum absolute atomic E-state index is 13.1. The zero-order valence-corrected chi connectivity index (χ0v) is 14.6. The lowest BCUT2D eigenvalue weighted by atomic mass is 10.1. The average Bonchev–Trinajstić information content (AvgIpc) is 3.31. The monoisotopic (exact) mass is 382 g/mol. The first kappa shape index (κ1) is 15.9. The number of nitrogens with zero attached hydrogens (tertiary/aromatic N) is 4. The van der Waals surface area contributed by atoms with Crippen LogP contribution in [0.1, 0.15) is 11.3 Å². The Morgan fingerprint density at radius 2 is 1.89 bits per heavy atom. The van der Waals surface area contributed by atoms with Crippen molar-refractivity contribution < 1.29 is 13.9 Å². The van der Waals surface area contributed by atoms with Crippen LogP contribution in [0.15, 0.2) is 47.3 Å². The van der Waals surface area contributed by atoms with Crippen molar-refractivity contribution in [2.24, 2.45) is 0 Å². The van der Waals surface area contributed by atoms with E-state index in [1.165, 1.54) is 28.0 Å². The fourth-order valence-electron chi connectivity index (χ4n) is 2.81. The molecule has 0 amide bonds. The third-order valence-corrected chi connectivity index (χ3v) is 5.10. The van der Waals surface area contributed by atoms with Crippen molar-refractivity contribution in [1.29, 1.82) is 0 Å². The lowest BCUT2D eigenvalue weighted by molar-refractivity contribution is 0.174. The van der Waals surface area contributed by atoms with Crippen molar-refractivity contribution in [2.75, 3.05) is 6.79 Å². The Labute approximate surface area is 155 Å². The van der Waals surface area contributed by atoms with Gasteiger partial charge in [0.25, 0.3) is 5.56 Å².